The van der Waals surface area contributed by atoms with E-state index < -0.39 is 17.3 Å². The van der Waals surface area contributed by atoms with Gasteiger partial charge in [0, 0.05) is 0 Å². The lowest BCUT2D eigenvalue weighted by atomic mass is 10.3. The third-order valence-corrected chi connectivity index (χ3v) is 4.78. The highest BCUT2D eigenvalue weighted by atomic mass is 32.2. The zero-order chi connectivity index (χ0) is 16.6. The van der Waals surface area contributed by atoms with Crippen LogP contribution < -0.4 is 0 Å². The fraction of sp³-hybridized carbons (Fsp3) is 0.462. The van der Waals surface area contributed by atoms with E-state index in [9.17, 15) is 14.4 Å². The summed E-state index contributed by atoms with van der Waals surface area (Å²) in [6.45, 7) is 10.1. The van der Waals surface area contributed by atoms with E-state index in [0.29, 0.717) is 0 Å². The first-order valence-electron chi connectivity index (χ1n) is 5.95. The molecule has 1 amide bonds. The van der Waals surface area contributed by atoms with Gasteiger partial charge in [0.1, 0.15) is 6.04 Å². The molecule has 0 rings (SSSR count). The van der Waals surface area contributed by atoms with Crippen LogP contribution >= 0.6 is 35.3 Å². The van der Waals surface area contributed by atoms with Crippen molar-refractivity contribution in [1.29, 1.82) is 0 Å². The Kier molecular flexibility index (Phi) is 9.56. The fourth-order valence-corrected chi connectivity index (χ4v) is 3.20. The summed E-state index contributed by atoms with van der Waals surface area (Å²) in [4.78, 5) is 36.7. The number of nitrogens with zero attached hydrogens (tertiary/aromatic N) is 1. The maximum Gasteiger partial charge on any atom is 0.326 e. The van der Waals surface area contributed by atoms with Crippen LogP contribution in [0.5, 0.6) is 0 Å². The summed E-state index contributed by atoms with van der Waals surface area (Å²) in [5.74, 6) is -1.20. The van der Waals surface area contributed by atoms with Crippen molar-refractivity contribution < 1.29 is 19.5 Å². The quantitative estimate of drug-likeness (QED) is 0.506. The van der Waals surface area contributed by atoms with Gasteiger partial charge in [-0.3, -0.25) is 9.59 Å². The van der Waals surface area contributed by atoms with Crippen molar-refractivity contribution in [3.63, 3.8) is 0 Å². The van der Waals surface area contributed by atoms with Gasteiger partial charge in [0.15, 0.2) is 0 Å². The fourth-order valence-electron chi connectivity index (χ4n) is 1.30. The number of carboxylic acids is 1. The molecule has 0 saturated carbocycles. The predicted octanol–water partition coefficient (Wildman–Crippen LogP) is 2.65. The zero-order valence-electron chi connectivity index (χ0n) is 12.2. The summed E-state index contributed by atoms with van der Waals surface area (Å²) in [6.07, 6.45) is 1.78. The molecule has 5 nitrogen and oxygen atoms in total. The summed E-state index contributed by atoms with van der Waals surface area (Å²) in [5.41, 5.74) is 0. The van der Waals surface area contributed by atoms with Crippen molar-refractivity contribution in [2.45, 2.75) is 25.1 Å². The third-order valence-electron chi connectivity index (χ3n) is 2.46. The lowest BCUT2D eigenvalue weighted by Gasteiger charge is -2.28. The molecule has 2 atom stereocenters. The maximum atomic E-state index is 12.3. The molecule has 21 heavy (non-hydrogen) atoms. The Labute approximate surface area is 137 Å². The Morgan fingerprint density at radius 1 is 1.33 bits per heavy atom. The molecule has 0 aliphatic rings. The third kappa shape index (κ3) is 6.62. The first kappa shape index (κ1) is 20.1. The topological polar surface area (TPSA) is 74.7 Å². The monoisotopic (exact) mass is 349 g/mol. The molecule has 0 saturated heterocycles. The number of carbonyl (C=O) groups is 3. The first-order chi connectivity index (χ1) is 9.76. The zero-order valence-corrected chi connectivity index (χ0v) is 14.6. The van der Waals surface area contributed by atoms with Crippen LogP contribution in [0.1, 0.15) is 13.8 Å². The molecule has 0 bridgehead atoms. The van der Waals surface area contributed by atoms with Crippen LogP contribution in [0, 0.1) is 0 Å². The van der Waals surface area contributed by atoms with Crippen LogP contribution in [0.4, 0.5) is 0 Å². The average molecular weight is 349 g/mol. The Morgan fingerprint density at radius 3 is 2.33 bits per heavy atom. The second-order valence-corrected chi connectivity index (χ2v) is 7.21. The number of aliphatic carboxylic acids is 1. The summed E-state index contributed by atoms with van der Waals surface area (Å²) >= 11 is 3.28. The SMILES string of the molecule is C=CSC(=C)C(=O)SC(C)C(=O)N(CSC)C(C)C(=O)O. The van der Waals surface area contributed by atoms with Crippen molar-refractivity contribution in [3.8, 4) is 0 Å². The standard InChI is InChI=1S/C13H19NO4S3/c1-6-20-10(4)13(18)21-9(3)11(15)14(7-19-5)8(2)12(16)17/h6,8-9H,1,4,7H2,2-3,5H3,(H,16,17). The average Bonchev–Trinajstić information content (AvgIpc) is 2.43. The van der Waals surface area contributed by atoms with E-state index in [1.807, 2.05) is 0 Å². The lowest BCUT2D eigenvalue weighted by molar-refractivity contribution is -0.148. The number of carbonyl (C=O) groups excluding carboxylic acids is 2. The van der Waals surface area contributed by atoms with E-state index in [-0.39, 0.29) is 21.8 Å². The molecule has 0 heterocycles. The highest BCUT2D eigenvalue weighted by Gasteiger charge is 2.30. The molecule has 0 aliphatic carbocycles. The molecule has 8 heteroatoms. The van der Waals surface area contributed by atoms with Crippen LogP contribution in [0.3, 0.4) is 0 Å². The Morgan fingerprint density at radius 2 is 1.90 bits per heavy atom. The van der Waals surface area contributed by atoms with E-state index in [2.05, 4.69) is 13.2 Å². The molecule has 0 aromatic carbocycles. The van der Waals surface area contributed by atoms with Crippen molar-refractivity contribution in [3.05, 3.63) is 23.5 Å². The molecule has 0 aliphatic heterocycles. The van der Waals surface area contributed by atoms with E-state index >= 15 is 0 Å². The summed E-state index contributed by atoms with van der Waals surface area (Å²) in [6, 6.07) is -0.936. The highest BCUT2D eigenvalue weighted by Crippen LogP contribution is 2.25. The van der Waals surface area contributed by atoms with Crippen LogP contribution in [-0.4, -0.2) is 50.4 Å². The number of thioether (sulfide) groups is 3. The van der Waals surface area contributed by atoms with E-state index in [0.717, 1.165) is 23.5 Å². The minimum atomic E-state index is -1.08. The minimum Gasteiger partial charge on any atom is -0.480 e. The van der Waals surface area contributed by atoms with Gasteiger partial charge in [-0.25, -0.2) is 4.79 Å². The summed E-state index contributed by atoms with van der Waals surface area (Å²) in [7, 11) is 0. The number of amides is 1. The lowest BCUT2D eigenvalue weighted by Crippen LogP contribution is -2.46. The van der Waals surface area contributed by atoms with Crippen molar-refractivity contribution >= 4 is 52.3 Å². The van der Waals surface area contributed by atoms with E-state index in [1.54, 1.807) is 13.2 Å². The molecular formula is C13H19NO4S3. The highest BCUT2D eigenvalue weighted by molar-refractivity contribution is 8.18. The molecule has 0 spiro atoms. The molecular weight excluding hydrogens is 330 g/mol. The van der Waals surface area contributed by atoms with E-state index in [4.69, 9.17) is 5.11 Å². The van der Waals surface area contributed by atoms with Gasteiger partial charge in [-0.15, -0.1) is 11.8 Å². The number of carboxylic acid groups (broad SMARTS) is 1. The second kappa shape index (κ2) is 9.97. The molecule has 118 valence electrons. The molecule has 0 aromatic rings. The van der Waals surface area contributed by atoms with Crippen LogP contribution in [0.15, 0.2) is 23.5 Å². The summed E-state index contributed by atoms with van der Waals surface area (Å²) in [5, 5.41) is 9.55. The van der Waals surface area contributed by atoms with Gasteiger partial charge >= 0.3 is 5.97 Å². The van der Waals surface area contributed by atoms with Crippen LogP contribution in [0.2, 0.25) is 0 Å². The number of rotatable bonds is 9. The van der Waals surface area contributed by atoms with Gasteiger partial charge in [-0.1, -0.05) is 36.7 Å². The van der Waals surface area contributed by atoms with Crippen molar-refractivity contribution in [1.82, 2.24) is 4.90 Å². The van der Waals surface area contributed by atoms with Gasteiger partial charge in [0.25, 0.3) is 0 Å². The minimum absolute atomic E-state index is 0.258. The van der Waals surface area contributed by atoms with Gasteiger partial charge in [-0.2, -0.15) is 0 Å². The Balaban J connectivity index is 4.85. The Bertz CT molecular complexity index is 439. The van der Waals surface area contributed by atoms with Crippen LogP contribution in [-0.2, 0) is 14.4 Å². The van der Waals surface area contributed by atoms with Gasteiger partial charge in [-0.05, 0) is 25.5 Å². The molecule has 2 unspecified atom stereocenters. The molecule has 0 aromatic heterocycles. The van der Waals surface area contributed by atoms with E-state index in [1.165, 1.54) is 29.0 Å². The van der Waals surface area contributed by atoms with Gasteiger partial charge < -0.3 is 10.0 Å². The largest absolute Gasteiger partial charge is 0.480 e. The maximum absolute atomic E-state index is 12.3. The number of hydrogen-bond acceptors (Lipinski definition) is 6. The normalized spacial score (nSPS) is 13.1. The van der Waals surface area contributed by atoms with Gasteiger partial charge in [0.05, 0.1) is 16.0 Å². The molecule has 0 radical (unpaired) electrons. The second-order valence-electron chi connectivity index (χ2n) is 4.00. The smallest absolute Gasteiger partial charge is 0.326 e. The van der Waals surface area contributed by atoms with Crippen molar-refractivity contribution in [2.75, 3.05) is 12.1 Å². The molecule has 0 fully saturated rings. The summed E-state index contributed by atoms with van der Waals surface area (Å²) < 4.78 is 0. The predicted molar refractivity (Wildman–Crippen MR) is 91.3 cm³/mol. The Hall–Kier alpha value is -0.860. The molecule has 1 N–H and O–H groups in total. The van der Waals surface area contributed by atoms with Gasteiger partial charge in [0.2, 0.25) is 11.0 Å². The van der Waals surface area contributed by atoms with Crippen LogP contribution in [0.25, 0.3) is 0 Å². The van der Waals surface area contributed by atoms with Crippen molar-refractivity contribution in [2.24, 2.45) is 0 Å². The first-order valence-corrected chi connectivity index (χ1v) is 9.11. The number of hydrogen-bond donors (Lipinski definition) is 1.